The molecule has 0 amide bonds. The van der Waals surface area contributed by atoms with E-state index in [1.54, 1.807) is 6.33 Å². The van der Waals surface area contributed by atoms with Gasteiger partial charge in [-0.1, -0.05) is 42.1 Å². The van der Waals surface area contributed by atoms with Gasteiger partial charge in [0.15, 0.2) is 5.16 Å². The van der Waals surface area contributed by atoms with Crippen molar-refractivity contribution in [2.45, 2.75) is 23.7 Å². The van der Waals surface area contributed by atoms with E-state index in [-0.39, 0.29) is 6.04 Å². The smallest absolute Gasteiger partial charge is 0.190 e. The number of rotatable bonds is 6. The van der Waals surface area contributed by atoms with Crippen LogP contribution in [0.25, 0.3) is 0 Å². The first-order chi connectivity index (χ1) is 9.16. The molecule has 2 rings (SSSR count). The summed E-state index contributed by atoms with van der Waals surface area (Å²) in [5.74, 6) is 0.514. The summed E-state index contributed by atoms with van der Waals surface area (Å²) in [6.07, 6.45) is 1.74. The molecule has 5 nitrogen and oxygen atoms in total. The fourth-order valence-electron chi connectivity index (χ4n) is 1.71. The molecule has 3 N–H and O–H groups in total. The molecule has 1 aromatic carbocycles. The van der Waals surface area contributed by atoms with Crippen LogP contribution < -0.4 is 5.73 Å². The maximum atomic E-state index is 10.1. The normalized spacial score (nSPS) is 14.3. The Morgan fingerprint density at radius 3 is 2.74 bits per heavy atom. The predicted molar refractivity (Wildman–Crippen MR) is 75.9 cm³/mol. The second kappa shape index (κ2) is 6.70. The Labute approximate surface area is 116 Å². The number of aromatic nitrogens is 3. The lowest BCUT2D eigenvalue weighted by atomic mass is 10.0. The molecule has 1 aromatic heterocycles. The molecule has 102 valence electrons. The summed E-state index contributed by atoms with van der Waals surface area (Å²) in [4.78, 5) is 0. The van der Waals surface area contributed by atoms with Gasteiger partial charge in [-0.3, -0.25) is 0 Å². The summed E-state index contributed by atoms with van der Waals surface area (Å²) in [7, 11) is 1.87. The summed E-state index contributed by atoms with van der Waals surface area (Å²) < 4.78 is 1.82. The van der Waals surface area contributed by atoms with E-state index in [0.29, 0.717) is 12.2 Å². The molecule has 0 bridgehead atoms. The van der Waals surface area contributed by atoms with Crippen molar-refractivity contribution in [2.24, 2.45) is 12.8 Å². The highest BCUT2D eigenvalue weighted by Crippen LogP contribution is 2.16. The first kappa shape index (κ1) is 14.0. The lowest BCUT2D eigenvalue weighted by Gasteiger charge is -2.18. The van der Waals surface area contributed by atoms with Crippen LogP contribution in [-0.2, 0) is 13.5 Å². The Hall–Kier alpha value is -1.37. The number of hydrogen-bond acceptors (Lipinski definition) is 5. The minimum absolute atomic E-state index is 0.275. The first-order valence-electron chi connectivity index (χ1n) is 6.11. The average molecular weight is 278 g/mol. The van der Waals surface area contributed by atoms with E-state index in [0.717, 1.165) is 10.7 Å². The van der Waals surface area contributed by atoms with E-state index in [1.807, 2.05) is 41.9 Å². The van der Waals surface area contributed by atoms with Crippen LogP contribution in [0.5, 0.6) is 0 Å². The molecule has 6 heteroatoms. The number of hydrogen-bond donors (Lipinski definition) is 2. The number of benzene rings is 1. The van der Waals surface area contributed by atoms with Crippen LogP contribution in [0.15, 0.2) is 41.8 Å². The zero-order chi connectivity index (χ0) is 13.7. The van der Waals surface area contributed by atoms with Crippen LogP contribution >= 0.6 is 11.8 Å². The molecule has 19 heavy (non-hydrogen) atoms. The second-order valence-electron chi connectivity index (χ2n) is 4.46. The fraction of sp³-hybridized carbons (Fsp3) is 0.385. The van der Waals surface area contributed by atoms with Crippen molar-refractivity contribution in [3.8, 4) is 0 Å². The van der Waals surface area contributed by atoms with Crippen molar-refractivity contribution >= 4 is 11.8 Å². The van der Waals surface area contributed by atoms with E-state index in [4.69, 9.17) is 5.73 Å². The molecule has 0 saturated carbocycles. The third-order valence-electron chi connectivity index (χ3n) is 2.86. The molecular formula is C13H18N4OS. The van der Waals surface area contributed by atoms with Gasteiger partial charge in [-0.2, -0.15) is 0 Å². The Kier molecular flexibility index (Phi) is 4.95. The standard InChI is InChI=1S/C13H18N4OS/c1-17-9-15-16-13(17)19-8-12(18)11(14)7-10-5-3-2-4-6-10/h2-6,9,11-12,18H,7-8,14H2,1H3. The molecule has 2 unspecified atom stereocenters. The fourth-order valence-corrected chi connectivity index (χ4v) is 2.63. The summed E-state index contributed by atoms with van der Waals surface area (Å²) in [6.45, 7) is 0. The van der Waals surface area contributed by atoms with Crippen LogP contribution in [0.4, 0.5) is 0 Å². The van der Waals surface area contributed by atoms with Crippen LogP contribution in [-0.4, -0.2) is 37.8 Å². The van der Waals surface area contributed by atoms with Crippen molar-refractivity contribution < 1.29 is 5.11 Å². The van der Waals surface area contributed by atoms with Crippen molar-refractivity contribution in [3.63, 3.8) is 0 Å². The molecule has 0 saturated heterocycles. The Balaban J connectivity index is 1.82. The van der Waals surface area contributed by atoms with E-state index in [9.17, 15) is 5.11 Å². The highest BCUT2D eigenvalue weighted by Gasteiger charge is 2.16. The summed E-state index contributed by atoms with van der Waals surface area (Å²) in [6, 6.07) is 9.68. The van der Waals surface area contributed by atoms with Crippen molar-refractivity contribution in [1.29, 1.82) is 0 Å². The Morgan fingerprint density at radius 1 is 1.37 bits per heavy atom. The van der Waals surface area contributed by atoms with Gasteiger partial charge in [0.1, 0.15) is 6.33 Å². The van der Waals surface area contributed by atoms with Crippen molar-refractivity contribution in [1.82, 2.24) is 14.8 Å². The van der Waals surface area contributed by atoms with Gasteiger partial charge in [0.25, 0.3) is 0 Å². The average Bonchev–Trinajstić information content (AvgIpc) is 2.82. The van der Waals surface area contributed by atoms with Gasteiger partial charge in [-0.05, 0) is 12.0 Å². The minimum atomic E-state index is -0.568. The van der Waals surface area contributed by atoms with Gasteiger partial charge >= 0.3 is 0 Å². The van der Waals surface area contributed by atoms with Crippen LogP contribution in [0.3, 0.4) is 0 Å². The molecule has 1 heterocycles. The quantitative estimate of drug-likeness (QED) is 0.766. The monoisotopic (exact) mass is 278 g/mol. The van der Waals surface area contributed by atoms with Gasteiger partial charge in [0.2, 0.25) is 0 Å². The second-order valence-corrected chi connectivity index (χ2v) is 5.44. The number of nitrogens with zero attached hydrogens (tertiary/aromatic N) is 3. The largest absolute Gasteiger partial charge is 0.391 e. The number of aliphatic hydroxyl groups is 1. The Morgan fingerprint density at radius 2 is 2.11 bits per heavy atom. The van der Waals surface area contributed by atoms with Crippen LogP contribution in [0.1, 0.15) is 5.56 Å². The molecule has 0 aliphatic carbocycles. The van der Waals surface area contributed by atoms with Crippen molar-refractivity contribution in [2.75, 3.05) is 5.75 Å². The van der Waals surface area contributed by atoms with Gasteiger partial charge in [-0.25, -0.2) is 0 Å². The molecule has 2 atom stereocenters. The highest BCUT2D eigenvalue weighted by atomic mass is 32.2. The number of aliphatic hydroxyl groups excluding tert-OH is 1. The van der Waals surface area contributed by atoms with Crippen molar-refractivity contribution in [3.05, 3.63) is 42.2 Å². The zero-order valence-electron chi connectivity index (χ0n) is 10.8. The van der Waals surface area contributed by atoms with E-state index in [2.05, 4.69) is 10.2 Å². The Bertz CT molecular complexity index is 502. The number of aryl methyl sites for hydroxylation is 1. The molecule has 0 fully saturated rings. The van der Waals surface area contributed by atoms with Crippen LogP contribution in [0.2, 0.25) is 0 Å². The molecule has 0 aliphatic rings. The van der Waals surface area contributed by atoms with E-state index >= 15 is 0 Å². The molecule has 0 aliphatic heterocycles. The van der Waals surface area contributed by atoms with Crippen LogP contribution in [0, 0.1) is 0 Å². The van der Waals surface area contributed by atoms with Gasteiger partial charge in [0, 0.05) is 18.8 Å². The molecule has 2 aromatic rings. The zero-order valence-corrected chi connectivity index (χ0v) is 11.6. The number of nitrogens with two attached hydrogens (primary N) is 1. The van der Waals surface area contributed by atoms with Gasteiger partial charge in [-0.15, -0.1) is 10.2 Å². The SMILES string of the molecule is Cn1cnnc1SCC(O)C(N)Cc1ccccc1. The predicted octanol–water partition coefficient (Wildman–Crippen LogP) is 0.838. The summed E-state index contributed by atoms with van der Waals surface area (Å²) >= 11 is 1.46. The van der Waals surface area contributed by atoms with E-state index < -0.39 is 6.10 Å². The third-order valence-corrected chi connectivity index (χ3v) is 4.00. The first-order valence-corrected chi connectivity index (χ1v) is 7.09. The summed E-state index contributed by atoms with van der Waals surface area (Å²) in [5.41, 5.74) is 7.16. The van der Waals surface area contributed by atoms with Gasteiger partial charge < -0.3 is 15.4 Å². The highest BCUT2D eigenvalue weighted by molar-refractivity contribution is 7.99. The van der Waals surface area contributed by atoms with E-state index in [1.165, 1.54) is 11.8 Å². The number of thioether (sulfide) groups is 1. The molecule has 0 spiro atoms. The van der Waals surface area contributed by atoms with Gasteiger partial charge in [0.05, 0.1) is 6.10 Å². The lowest BCUT2D eigenvalue weighted by Crippen LogP contribution is -2.38. The summed E-state index contributed by atoms with van der Waals surface area (Å²) in [5, 5.41) is 18.6. The lowest BCUT2D eigenvalue weighted by molar-refractivity contribution is 0.167. The minimum Gasteiger partial charge on any atom is -0.391 e. The molecular weight excluding hydrogens is 260 g/mol. The maximum absolute atomic E-state index is 10.1. The third kappa shape index (κ3) is 4.05. The molecule has 0 radical (unpaired) electrons. The maximum Gasteiger partial charge on any atom is 0.190 e. The topological polar surface area (TPSA) is 77.0 Å².